The van der Waals surface area contributed by atoms with Gasteiger partial charge in [-0.1, -0.05) is 0 Å². The van der Waals surface area contributed by atoms with Crippen molar-refractivity contribution in [1.29, 1.82) is 0 Å². The van der Waals surface area contributed by atoms with Crippen LogP contribution in [0.4, 0.5) is 0 Å². The second-order valence-electron chi connectivity index (χ2n) is 3.41. The SMILES string of the molecule is O=C(O)c1cccnc1-c1ncccc1C(=O)O.[Na]. The standard InChI is InChI=1S/C12H8N2O4.Na/c15-11(16)7-3-1-5-13-9(7)10-8(12(17)18)4-2-6-14-10;/h1-6H,(H,15,16)(H,17,18);. The summed E-state index contributed by atoms with van der Waals surface area (Å²) in [5.41, 5.74) is -0.0802. The summed E-state index contributed by atoms with van der Waals surface area (Å²) in [6.45, 7) is 0. The van der Waals surface area contributed by atoms with Crippen LogP contribution in [0.5, 0.6) is 0 Å². The Morgan fingerprint density at radius 2 is 1.21 bits per heavy atom. The molecule has 91 valence electrons. The van der Waals surface area contributed by atoms with Crippen LogP contribution < -0.4 is 0 Å². The maximum atomic E-state index is 11.1. The largest absolute Gasteiger partial charge is 0.478 e. The van der Waals surface area contributed by atoms with Crippen LogP contribution in [0.3, 0.4) is 0 Å². The Balaban J connectivity index is 0.00000180. The minimum Gasteiger partial charge on any atom is -0.478 e. The first-order valence-corrected chi connectivity index (χ1v) is 4.98. The van der Waals surface area contributed by atoms with Gasteiger partial charge in [-0.05, 0) is 24.3 Å². The van der Waals surface area contributed by atoms with E-state index in [9.17, 15) is 9.59 Å². The van der Waals surface area contributed by atoms with Gasteiger partial charge in [-0.3, -0.25) is 9.97 Å². The predicted molar refractivity (Wildman–Crippen MR) is 67.1 cm³/mol. The van der Waals surface area contributed by atoms with E-state index in [2.05, 4.69) is 9.97 Å². The first-order valence-electron chi connectivity index (χ1n) is 4.98. The average Bonchev–Trinajstić information content (AvgIpc) is 2.38. The van der Waals surface area contributed by atoms with Gasteiger partial charge in [0.1, 0.15) is 11.4 Å². The van der Waals surface area contributed by atoms with E-state index in [1.165, 1.54) is 36.7 Å². The zero-order chi connectivity index (χ0) is 13.1. The van der Waals surface area contributed by atoms with Crippen LogP contribution in [0.1, 0.15) is 20.7 Å². The fourth-order valence-corrected chi connectivity index (χ4v) is 1.53. The van der Waals surface area contributed by atoms with Gasteiger partial charge in [-0.2, -0.15) is 0 Å². The third kappa shape index (κ3) is 3.17. The summed E-state index contributed by atoms with van der Waals surface area (Å²) in [5.74, 6) is -2.36. The molecule has 0 unspecified atom stereocenters. The summed E-state index contributed by atoms with van der Waals surface area (Å²) < 4.78 is 0. The zero-order valence-corrected chi connectivity index (χ0v) is 12.1. The molecule has 0 aromatic carbocycles. The molecule has 0 saturated heterocycles. The number of pyridine rings is 2. The molecule has 0 saturated carbocycles. The average molecular weight is 267 g/mol. The van der Waals surface area contributed by atoms with Gasteiger partial charge in [0.2, 0.25) is 0 Å². The van der Waals surface area contributed by atoms with Crippen molar-refractivity contribution in [1.82, 2.24) is 9.97 Å². The molecule has 0 aliphatic carbocycles. The van der Waals surface area contributed by atoms with Crippen LogP contribution in [-0.2, 0) is 0 Å². The van der Waals surface area contributed by atoms with Gasteiger partial charge in [0.15, 0.2) is 0 Å². The Kier molecular flexibility index (Phi) is 5.17. The van der Waals surface area contributed by atoms with Gasteiger partial charge in [-0.25, -0.2) is 9.59 Å². The maximum absolute atomic E-state index is 11.1. The quantitative estimate of drug-likeness (QED) is 0.809. The zero-order valence-electron chi connectivity index (χ0n) is 10.1. The number of hydrogen-bond acceptors (Lipinski definition) is 4. The first kappa shape index (κ1) is 15.3. The monoisotopic (exact) mass is 267 g/mol. The molecule has 0 amide bonds. The molecule has 7 heteroatoms. The number of aromatic carboxylic acids is 2. The molecule has 0 aliphatic heterocycles. The molecule has 6 nitrogen and oxygen atoms in total. The van der Waals surface area contributed by atoms with Crippen LogP contribution in [0.2, 0.25) is 0 Å². The van der Waals surface area contributed by atoms with Crippen LogP contribution >= 0.6 is 0 Å². The van der Waals surface area contributed by atoms with E-state index in [1.807, 2.05) is 0 Å². The third-order valence-corrected chi connectivity index (χ3v) is 2.30. The van der Waals surface area contributed by atoms with Gasteiger partial charge < -0.3 is 10.2 Å². The Bertz CT molecular complexity index is 575. The second-order valence-corrected chi connectivity index (χ2v) is 3.41. The van der Waals surface area contributed by atoms with Crippen molar-refractivity contribution in [2.75, 3.05) is 0 Å². The normalized spacial score (nSPS) is 9.47. The van der Waals surface area contributed by atoms with Crippen molar-refractivity contribution < 1.29 is 19.8 Å². The molecule has 2 heterocycles. The topological polar surface area (TPSA) is 100 Å². The number of carbonyl (C=O) groups is 2. The van der Waals surface area contributed by atoms with E-state index in [1.54, 1.807) is 0 Å². The number of nitrogens with zero attached hydrogens (tertiary/aromatic N) is 2. The van der Waals surface area contributed by atoms with Gasteiger partial charge in [0, 0.05) is 42.0 Å². The molecule has 19 heavy (non-hydrogen) atoms. The van der Waals surface area contributed by atoms with Crippen molar-refractivity contribution >= 4 is 41.5 Å². The molecule has 2 aromatic heterocycles. The van der Waals surface area contributed by atoms with Crippen molar-refractivity contribution in [2.24, 2.45) is 0 Å². The molecule has 0 spiro atoms. The minimum absolute atomic E-state index is 0. The number of carboxylic acids is 2. The van der Waals surface area contributed by atoms with E-state index in [-0.39, 0.29) is 52.1 Å². The van der Waals surface area contributed by atoms with E-state index >= 15 is 0 Å². The van der Waals surface area contributed by atoms with Crippen molar-refractivity contribution in [3.8, 4) is 11.4 Å². The van der Waals surface area contributed by atoms with Gasteiger partial charge in [0.25, 0.3) is 0 Å². The summed E-state index contributed by atoms with van der Waals surface area (Å²) in [7, 11) is 0. The van der Waals surface area contributed by atoms with E-state index in [4.69, 9.17) is 10.2 Å². The van der Waals surface area contributed by atoms with Crippen LogP contribution in [0.15, 0.2) is 36.7 Å². The van der Waals surface area contributed by atoms with Gasteiger partial charge in [0.05, 0.1) is 11.1 Å². The molecule has 0 fully saturated rings. The predicted octanol–water partition coefficient (Wildman–Crippen LogP) is 1.16. The molecular weight excluding hydrogens is 259 g/mol. The smallest absolute Gasteiger partial charge is 0.337 e. The summed E-state index contributed by atoms with van der Waals surface area (Å²) in [5, 5.41) is 18.1. The summed E-state index contributed by atoms with van der Waals surface area (Å²) in [6.07, 6.45) is 2.78. The Morgan fingerprint density at radius 3 is 1.53 bits per heavy atom. The number of rotatable bonds is 3. The summed E-state index contributed by atoms with van der Waals surface area (Å²) in [6, 6.07) is 5.64. The molecule has 2 aromatic rings. The van der Waals surface area contributed by atoms with Crippen molar-refractivity contribution in [3.05, 3.63) is 47.8 Å². The Labute approximate surface area is 130 Å². The molecule has 0 aliphatic rings. The molecular formula is C12H8N2NaO4. The Morgan fingerprint density at radius 1 is 0.842 bits per heavy atom. The number of aromatic nitrogens is 2. The van der Waals surface area contributed by atoms with Gasteiger partial charge >= 0.3 is 11.9 Å². The first-order chi connectivity index (χ1) is 8.61. The van der Waals surface area contributed by atoms with E-state index in [0.717, 1.165) is 0 Å². The fourth-order valence-electron chi connectivity index (χ4n) is 1.53. The van der Waals surface area contributed by atoms with Gasteiger partial charge in [-0.15, -0.1) is 0 Å². The van der Waals surface area contributed by atoms with Crippen LogP contribution in [0.25, 0.3) is 11.4 Å². The number of carboxylic acid groups (broad SMARTS) is 2. The second kappa shape index (κ2) is 6.42. The molecule has 2 rings (SSSR count). The molecule has 2 N–H and O–H groups in total. The molecule has 0 atom stereocenters. The maximum Gasteiger partial charge on any atom is 0.337 e. The Hall–Kier alpha value is -1.76. The summed E-state index contributed by atoms with van der Waals surface area (Å²) in [4.78, 5) is 29.9. The van der Waals surface area contributed by atoms with E-state index in [0.29, 0.717) is 0 Å². The number of hydrogen-bond donors (Lipinski definition) is 2. The molecule has 0 bridgehead atoms. The summed E-state index contributed by atoms with van der Waals surface area (Å²) >= 11 is 0. The van der Waals surface area contributed by atoms with Crippen LogP contribution in [-0.4, -0.2) is 61.7 Å². The van der Waals surface area contributed by atoms with Crippen molar-refractivity contribution in [3.63, 3.8) is 0 Å². The third-order valence-electron chi connectivity index (χ3n) is 2.30. The molecule has 1 radical (unpaired) electrons. The fraction of sp³-hybridized carbons (Fsp3) is 0. The van der Waals surface area contributed by atoms with E-state index < -0.39 is 11.9 Å². The van der Waals surface area contributed by atoms with Crippen LogP contribution in [0, 0.1) is 0 Å². The van der Waals surface area contributed by atoms with Crippen molar-refractivity contribution in [2.45, 2.75) is 0 Å². The minimum atomic E-state index is -1.18.